The molecule has 9 heteroatoms. The number of nitrogens with zero attached hydrogens (tertiary/aromatic N) is 9. The van der Waals surface area contributed by atoms with Gasteiger partial charge in [0.25, 0.3) is 0 Å². The van der Waals surface area contributed by atoms with Gasteiger partial charge in [0.2, 0.25) is 0 Å². The summed E-state index contributed by atoms with van der Waals surface area (Å²) in [6.07, 6.45) is 10.8. The maximum absolute atomic E-state index is 5.18. The first kappa shape index (κ1) is 66.3. The second-order valence-corrected chi connectivity index (χ2v) is 28.1. The Balaban J connectivity index is 0.000000110. The van der Waals surface area contributed by atoms with Gasteiger partial charge in [0.15, 0.2) is 0 Å². The Labute approximate surface area is 645 Å². The highest BCUT2D eigenvalue weighted by Gasteiger charge is 2.15. The molecule has 0 saturated heterocycles. The molecular weight excluding hydrogens is 1360 g/mol. The van der Waals surface area contributed by atoms with Crippen LogP contribution in [-0.4, -0.2) is 44.9 Å². The fourth-order valence-corrected chi connectivity index (χ4v) is 15.4. The molecule has 112 heavy (non-hydrogen) atoms. The van der Waals surface area contributed by atoms with Crippen molar-refractivity contribution < 1.29 is 0 Å². The van der Waals surface area contributed by atoms with Crippen LogP contribution in [0.15, 0.2) is 395 Å². The summed E-state index contributed by atoms with van der Waals surface area (Å²) in [6.45, 7) is 0. The van der Waals surface area contributed by atoms with E-state index in [0.29, 0.717) is 0 Å². The standard InChI is InChI=1S/C37H23N3.2C33H21N3/c1-2-6-31-24(4-1)8-11-28-5-3-7-32(37(28)31)34-17-15-26-10-13-30(23-36(26)40-34)29-12-9-25-14-16-33(39-35(25)22-29)27-18-20-38-21-19-27;1-2-6-28-22(4-1)5-3-7-29(28)31-15-13-24-9-11-27(21-33(24)36-31)26-10-8-23-12-14-30(35-32(23)20-26)25-16-18-34-19-17-25;1-2-4-26-19-29(10-5-22(26)3-1)31-14-12-24-7-9-28(21-33(24)36-31)27-8-6-23-11-13-30(35-32(23)20-27)25-15-17-34-18-16-25/h1-23H;2*1-21H. The highest BCUT2D eigenvalue weighted by molar-refractivity contribution is 6.14. The van der Waals surface area contributed by atoms with Gasteiger partial charge in [-0.1, -0.05) is 243 Å². The van der Waals surface area contributed by atoms with Gasteiger partial charge in [0.05, 0.1) is 67.3 Å². The number of fused-ring (bicyclic) bond motifs is 11. The molecule has 0 amide bonds. The zero-order chi connectivity index (χ0) is 74.3. The third-order valence-electron chi connectivity index (χ3n) is 21.2. The van der Waals surface area contributed by atoms with Crippen molar-refractivity contribution in [2.24, 2.45) is 0 Å². The van der Waals surface area contributed by atoms with Gasteiger partial charge >= 0.3 is 0 Å². The molecule has 0 aliphatic carbocycles. The van der Waals surface area contributed by atoms with Crippen molar-refractivity contribution in [1.29, 1.82) is 0 Å². The number of benzene rings is 13. The van der Waals surface area contributed by atoms with Crippen molar-refractivity contribution in [2.45, 2.75) is 0 Å². The van der Waals surface area contributed by atoms with E-state index in [0.717, 1.165) is 166 Å². The van der Waals surface area contributed by atoms with Gasteiger partial charge in [-0.05, 0) is 192 Å². The van der Waals surface area contributed by atoms with Crippen LogP contribution in [0.3, 0.4) is 0 Å². The third-order valence-corrected chi connectivity index (χ3v) is 21.2. The van der Waals surface area contributed by atoms with E-state index in [1.54, 1.807) is 37.2 Å². The minimum Gasteiger partial charge on any atom is -0.265 e. The summed E-state index contributed by atoms with van der Waals surface area (Å²) in [5.74, 6) is 0. The van der Waals surface area contributed by atoms with E-state index in [1.165, 1.54) is 43.1 Å². The van der Waals surface area contributed by atoms with Gasteiger partial charge in [-0.3, -0.25) is 15.0 Å². The molecule has 0 unspecified atom stereocenters. The Morgan fingerprint density at radius 3 is 0.830 bits per heavy atom. The lowest BCUT2D eigenvalue weighted by Gasteiger charge is -2.11. The van der Waals surface area contributed by atoms with E-state index >= 15 is 0 Å². The molecule has 0 aliphatic heterocycles. The van der Waals surface area contributed by atoms with Gasteiger partial charge in [-0.25, -0.2) is 29.9 Å². The number of rotatable bonds is 9. The summed E-state index contributed by atoms with van der Waals surface area (Å²) < 4.78 is 0. The zero-order valence-corrected chi connectivity index (χ0v) is 60.6. The predicted octanol–water partition coefficient (Wildman–Crippen LogP) is 26.1. The molecule has 13 aromatic carbocycles. The SMILES string of the molecule is c1ccc2c(-c3ccc4ccc(-c5ccc6ccc(-c7ccncc7)nc6c5)cc4n3)cccc2c1.c1ccc2c(c1)ccc1cccc(-c3ccc4ccc(-c5ccc6ccc(-c7ccncc7)nc6c5)cc4n3)c12.c1ccc2cc(-c3ccc4ccc(-c5ccc6ccc(-c7ccncc7)nc6c5)cc4n3)ccc2c1. The van der Waals surface area contributed by atoms with Crippen molar-refractivity contribution in [3.8, 4) is 101 Å². The molecule has 9 aromatic heterocycles. The van der Waals surface area contributed by atoms with Gasteiger partial charge in [0.1, 0.15) is 0 Å². The van der Waals surface area contributed by atoms with E-state index < -0.39 is 0 Å². The summed E-state index contributed by atoms with van der Waals surface area (Å²) in [5, 5.41) is 16.6. The summed E-state index contributed by atoms with van der Waals surface area (Å²) in [7, 11) is 0. The maximum atomic E-state index is 5.18. The normalized spacial score (nSPS) is 11.4. The lowest BCUT2D eigenvalue weighted by molar-refractivity contribution is 1.31. The van der Waals surface area contributed by atoms with Gasteiger partial charge in [0, 0.05) is 103 Å². The van der Waals surface area contributed by atoms with Gasteiger partial charge < -0.3 is 0 Å². The number of hydrogen-bond donors (Lipinski definition) is 0. The van der Waals surface area contributed by atoms with Crippen molar-refractivity contribution in [2.75, 3.05) is 0 Å². The Kier molecular flexibility index (Phi) is 17.1. The molecule has 22 rings (SSSR count). The first-order chi connectivity index (χ1) is 55.4. The van der Waals surface area contributed by atoms with Crippen LogP contribution in [0.5, 0.6) is 0 Å². The summed E-state index contributed by atoms with van der Waals surface area (Å²) in [5.41, 5.74) is 25.0. The average molecular weight is 1430 g/mol. The molecule has 522 valence electrons. The van der Waals surface area contributed by atoms with E-state index in [1.807, 2.05) is 36.4 Å². The van der Waals surface area contributed by atoms with Crippen molar-refractivity contribution in [1.82, 2.24) is 44.9 Å². The number of hydrogen-bond acceptors (Lipinski definition) is 9. The minimum absolute atomic E-state index is 0.944. The van der Waals surface area contributed by atoms with Crippen LogP contribution in [0.4, 0.5) is 0 Å². The van der Waals surface area contributed by atoms with Crippen LogP contribution < -0.4 is 0 Å². The Bertz CT molecular complexity index is 7390. The van der Waals surface area contributed by atoms with E-state index in [2.05, 4.69) is 336 Å². The first-order valence-corrected chi connectivity index (χ1v) is 37.5. The molecule has 0 bridgehead atoms. The smallest absolute Gasteiger partial charge is 0.0716 e. The van der Waals surface area contributed by atoms with Crippen molar-refractivity contribution in [3.05, 3.63) is 395 Å². The second kappa shape index (κ2) is 28.8. The van der Waals surface area contributed by atoms with Crippen LogP contribution in [0.2, 0.25) is 0 Å². The van der Waals surface area contributed by atoms with Crippen LogP contribution in [0.25, 0.3) is 209 Å². The van der Waals surface area contributed by atoms with Crippen LogP contribution >= 0.6 is 0 Å². The zero-order valence-electron chi connectivity index (χ0n) is 60.6. The predicted molar refractivity (Wildman–Crippen MR) is 463 cm³/mol. The second-order valence-electron chi connectivity index (χ2n) is 28.1. The maximum Gasteiger partial charge on any atom is 0.0716 e. The number of pyridine rings is 9. The Hall–Kier alpha value is -15.2. The summed E-state index contributed by atoms with van der Waals surface area (Å²) in [6, 6.07) is 125. The summed E-state index contributed by atoms with van der Waals surface area (Å²) >= 11 is 0. The van der Waals surface area contributed by atoms with Crippen molar-refractivity contribution in [3.63, 3.8) is 0 Å². The first-order valence-electron chi connectivity index (χ1n) is 37.5. The lowest BCUT2D eigenvalue weighted by atomic mass is 9.95. The quantitative estimate of drug-likeness (QED) is 0.130. The Morgan fingerprint density at radius 1 is 0.143 bits per heavy atom. The minimum atomic E-state index is 0.944. The Morgan fingerprint density at radius 2 is 0.411 bits per heavy atom. The molecule has 0 atom stereocenters. The molecule has 0 N–H and O–H groups in total. The highest BCUT2D eigenvalue weighted by Crippen LogP contribution is 2.39. The number of aromatic nitrogens is 9. The largest absolute Gasteiger partial charge is 0.265 e. The monoisotopic (exact) mass is 1430 g/mol. The van der Waals surface area contributed by atoms with E-state index in [9.17, 15) is 0 Å². The molecule has 9 heterocycles. The van der Waals surface area contributed by atoms with Gasteiger partial charge in [-0.2, -0.15) is 0 Å². The van der Waals surface area contributed by atoms with Crippen molar-refractivity contribution >= 4 is 109 Å². The average Bonchev–Trinajstić information content (AvgIpc) is 0.767. The van der Waals surface area contributed by atoms with E-state index in [-0.39, 0.29) is 0 Å². The molecule has 0 fully saturated rings. The molecule has 0 radical (unpaired) electrons. The van der Waals surface area contributed by atoms with Crippen LogP contribution in [-0.2, 0) is 0 Å². The topological polar surface area (TPSA) is 116 Å². The van der Waals surface area contributed by atoms with Crippen LogP contribution in [0.1, 0.15) is 0 Å². The van der Waals surface area contributed by atoms with Crippen LogP contribution in [0, 0.1) is 0 Å². The summed E-state index contributed by atoms with van der Waals surface area (Å²) in [4.78, 5) is 42.5. The lowest BCUT2D eigenvalue weighted by Crippen LogP contribution is -1.90. The molecule has 0 spiro atoms. The molecule has 0 aliphatic rings. The molecule has 0 saturated carbocycles. The molecule has 22 aromatic rings. The molecular formula is C103H65N9. The fourth-order valence-electron chi connectivity index (χ4n) is 15.4. The van der Waals surface area contributed by atoms with Gasteiger partial charge in [-0.15, -0.1) is 0 Å². The van der Waals surface area contributed by atoms with E-state index in [4.69, 9.17) is 29.9 Å². The highest BCUT2D eigenvalue weighted by atomic mass is 14.7. The third kappa shape index (κ3) is 13.2. The fraction of sp³-hybridized carbons (Fsp3) is 0. The molecule has 9 nitrogen and oxygen atoms in total.